The summed E-state index contributed by atoms with van der Waals surface area (Å²) in [6, 6.07) is 10.0. The monoisotopic (exact) mass is 446 g/mol. The Morgan fingerprint density at radius 3 is 2.61 bits per heavy atom. The highest BCUT2D eigenvalue weighted by Gasteiger charge is 2.31. The van der Waals surface area contributed by atoms with Crippen molar-refractivity contribution >= 4 is 39.9 Å². The Bertz CT molecular complexity index is 1220. The van der Waals surface area contributed by atoms with Gasteiger partial charge in [0, 0.05) is 36.0 Å². The van der Waals surface area contributed by atoms with E-state index in [0.29, 0.717) is 11.1 Å². The summed E-state index contributed by atoms with van der Waals surface area (Å²) in [5, 5.41) is 3.57. The summed E-state index contributed by atoms with van der Waals surface area (Å²) in [5.74, 6) is -0.487. The second-order valence-corrected chi connectivity index (χ2v) is 7.13. The third-order valence-electron chi connectivity index (χ3n) is 4.59. The molecule has 9 heteroatoms. The van der Waals surface area contributed by atoms with Crippen molar-refractivity contribution in [1.29, 1.82) is 0 Å². The molecule has 2 aromatic carbocycles. The maximum atomic E-state index is 13.0. The summed E-state index contributed by atoms with van der Waals surface area (Å²) in [5.41, 5.74) is 6.74. The van der Waals surface area contributed by atoms with Crippen molar-refractivity contribution < 1.29 is 18.0 Å². The summed E-state index contributed by atoms with van der Waals surface area (Å²) < 4.78 is 39.1. The molecule has 0 bridgehead atoms. The molecule has 31 heavy (non-hydrogen) atoms. The molecule has 0 saturated carbocycles. The molecule has 3 N–H and O–H groups in total. The van der Waals surface area contributed by atoms with Crippen molar-refractivity contribution in [3.05, 3.63) is 82.0 Å². The number of aryl methyl sites for hydroxylation is 1. The van der Waals surface area contributed by atoms with Gasteiger partial charge < -0.3 is 11.1 Å². The van der Waals surface area contributed by atoms with Crippen LogP contribution in [0.2, 0.25) is 5.02 Å². The van der Waals surface area contributed by atoms with Crippen LogP contribution in [-0.2, 0) is 6.18 Å². The van der Waals surface area contributed by atoms with Gasteiger partial charge in [0.15, 0.2) is 0 Å². The largest absolute Gasteiger partial charge is 0.416 e. The quantitative estimate of drug-likeness (QED) is 0.440. The summed E-state index contributed by atoms with van der Waals surface area (Å²) >= 11 is 6.23. The third kappa shape index (κ3) is 5.03. The molecule has 1 amide bonds. The van der Waals surface area contributed by atoms with Gasteiger partial charge in [-0.1, -0.05) is 23.7 Å². The van der Waals surface area contributed by atoms with Gasteiger partial charge in [0.1, 0.15) is 5.84 Å². The van der Waals surface area contributed by atoms with Crippen LogP contribution in [0.15, 0.2) is 59.7 Å². The van der Waals surface area contributed by atoms with Crippen molar-refractivity contribution in [2.24, 2.45) is 10.7 Å². The SMILES string of the molecule is CN=C(C=C(N)c1cc(C(F)(F)F)ccc1C)NC(=O)c1cc2ncccc2cc1Cl. The molecule has 3 aromatic rings. The first-order valence-electron chi connectivity index (χ1n) is 9.08. The Morgan fingerprint density at radius 1 is 1.19 bits per heavy atom. The number of amides is 1. The Hall–Kier alpha value is -3.39. The maximum Gasteiger partial charge on any atom is 0.416 e. The van der Waals surface area contributed by atoms with Crippen LogP contribution in [-0.4, -0.2) is 23.8 Å². The molecule has 0 aliphatic rings. The molecule has 0 unspecified atom stereocenters. The van der Waals surface area contributed by atoms with E-state index in [4.69, 9.17) is 17.3 Å². The molecular formula is C22H18ClF3N4O. The predicted octanol–water partition coefficient (Wildman–Crippen LogP) is 4.97. The highest BCUT2D eigenvalue weighted by Crippen LogP contribution is 2.31. The number of nitrogens with zero attached hydrogens (tertiary/aromatic N) is 2. The number of aliphatic imine (C=N–C) groups is 1. The molecule has 1 heterocycles. The van der Waals surface area contributed by atoms with E-state index in [1.165, 1.54) is 19.2 Å². The number of rotatable bonds is 3. The predicted molar refractivity (Wildman–Crippen MR) is 116 cm³/mol. The number of benzene rings is 2. The molecule has 0 radical (unpaired) electrons. The number of fused-ring (bicyclic) bond motifs is 1. The second kappa shape index (κ2) is 8.77. The van der Waals surface area contributed by atoms with Gasteiger partial charge in [-0.05, 0) is 42.8 Å². The number of nitrogens with one attached hydrogen (secondary N) is 1. The topological polar surface area (TPSA) is 80.4 Å². The number of pyridine rings is 1. The minimum atomic E-state index is -4.50. The van der Waals surface area contributed by atoms with Crippen LogP contribution in [0.3, 0.4) is 0 Å². The first kappa shape index (κ1) is 22.3. The molecular weight excluding hydrogens is 429 g/mol. The minimum Gasteiger partial charge on any atom is -0.398 e. The van der Waals surface area contributed by atoms with Crippen LogP contribution >= 0.6 is 11.6 Å². The van der Waals surface area contributed by atoms with E-state index in [0.717, 1.165) is 17.5 Å². The number of amidine groups is 1. The van der Waals surface area contributed by atoms with Gasteiger partial charge in [-0.3, -0.25) is 14.8 Å². The van der Waals surface area contributed by atoms with Gasteiger partial charge in [0.2, 0.25) is 0 Å². The van der Waals surface area contributed by atoms with Gasteiger partial charge in [-0.2, -0.15) is 13.2 Å². The van der Waals surface area contributed by atoms with E-state index >= 15 is 0 Å². The zero-order valence-electron chi connectivity index (χ0n) is 16.6. The molecule has 1 aromatic heterocycles. The number of hydrogen-bond acceptors (Lipinski definition) is 4. The fourth-order valence-electron chi connectivity index (χ4n) is 2.94. The van der Waals surface area contributed by atoms with Crippen molar-refractivity contribution in [1.82, 2.24) is 10.3 Å². The molecule has 5 nitrogen and oxygen atoms in total. The average Bonchev–Trinajstić information content (AvgIpc) is 2.71. The summed E-state index contributed by atoms with van der Waals surface area (Å²) in [7, 11) is 1.42. The van der Waals surface area contributed by atoms with Gasteiger partial charge in [-0.25, -0.2) is 0 Å². The average molecular weight is 447 g/mol. The van der Waals surface area contributed by atoms with Gasteiger partial charge in [-0.15, -0.1) is 0 Å². The van der Waals surface area contributed by atoms with E-state index < -0.39 is 17.6 Å². The highest BCUT2D eigenvalue weighted by molar-refractivity contribution is 6.35. The van der Waals surface area contributed by atoms with E-state index in [1.54, 1.807) is 31.3 Å². The lowest BCUT2D eigenvalue weighted by Gasteiger charge is -2.13. The zero-order chi connectivity index (χ0) is 22.8. The summed E-state index contributed by atoms with van der Waals surface area (Å²) in [4.78, 5) is 20.9. The zero-order valence-corrected chi connectivity index (χ0v) is 17.3. The number of carbonyl (C=O) groups is 1. The molecule has 3 rings (SSSR count). The number of carbonyl (C=O) groups excluding carboxylic acids is 1. The van der Waals surface area contributed by atoms with Crippen molar-refractivity contribution in [3.8, 4) is 0 Å². The van der Waals surface area contributed by atoms with Crippen LogP contribution in [0.25, 0.3) is 16.6 Å². The van der Waals surface area contributed by atoms with Crippen LogP contribution in [0.4, 0.5) is 13.2 Å². The summed E-state index contributed by atoms with van der Waals surface area (Å²) in [6.45, 7) is 1.64. The van der Waals surface area contributed by atoms with Crippen LogP contribution in [0.5, 0.6) is 0 Å². The molecule has 0 fully saturated rings. The van der Waals surface area contributed by atoms with Crippen molar-refractivity contribution in [2.45, 2.75) is 13.1 Å². The lowest BCUT2D eigenvalue weighted by Crippen LogP contribution is -2.30. The minimum absolute atomic E-state index is 0.0239. The lowest BCUT2D eigenvalue weighted by atomic mass is 10.0. The van der Waals surface area contributed by atoms with Crippen LogP contribution in [0, 0.1) is 6.92 Å². The smallest absolute Gasteiger partial charge is 0.398 e. The van der Waals surface area contributed by atoms with Gasteiger partial charge in [0.05, 0.1) is 21.7 Å². The van der Waals surface area contributed by atoms with E-state index in [9.17, 15) is 18.0 Å². The van der Waals surface area contributed by atoms with E-state index in [2.05, 4.69) is 15.3 Å². The fourth-order valence-corrected chi connectivity index (χ4v) is 3.20. The Labute approximate surface area is 181 Å². The number of halogens is 4. The lowest BCUT2D eigenvalue weighted by molar-refractivity contribution is -0.137. The molecule has 0 aliphatic carbocycles. The standard InChI is InChI=1S/C22H18ClF3N4O/c1-12-5-6-14(22(24,25)26)9-15(12)18(27)11-20(28-2)30-21(31)16-10-19-13(8-17(16)23)4-3-7-29-19/h3-11H,27H2,1-2H3,(H,28,30,31). The van der Waals surface area contributed by atoms with Gasteiger partial charge >= 0.3 is 6.18 Å². The first-order chi connectivity index (χ1) is 14.6. The number of hydrogen-bond donors (Lipinski definition) is 2. The highest BCUT2D eigenvalue weighted by atomic mass is 35.5. The molecule has 0 aliphatic heterocycles. The molecule has 160 valence electrons. The number of alkyl halides is 3. The van der Waals surface area contributed by atoms with E-state index in [-0.39, 0.29) is 27.7 Å². The number of nitrogens with two attached hydrogens (primary N) is 1. The second-order valence-electron chi connectivity index (χ2n) is 6.72. The van der Waals surface area contributed by atoms with Gasteiger partial charge in [0.25, 0.3) is 5.91 Å². The molecule has 0 saturated heterocycles. The Kier molecular flexibility index (Phi) is 6.31. The normalized spacial score (nSPS) is 12.8. The number of aromatic nitrogens is 1. The van der Waals surface area contributed by atoms with Crippen molar-refractivity contribution in [3.63, 3.8) is 0 Å². The fraction of sp³-hybridized carbons (Fsp3) is 0.136. The summed E-state index contributed by atoms with van der Waals surface area (Å²) in [6.07, 6.45) is -1.61. The van der Waals surface area contributed by atoms with Crippen LogP contribution < -0.4 is 11.1 Å². The first-order valence-corrected chi connectivity index (χ1v) is 9.45. The third-order valence-corrected chi connectivity index (χ3v) is 4.90. The van der Waals surface area contributed by atoms with E-state index in [1.807, 2.05) is 6.07 Å². The van der Waals surface area contributed by atoms with Crippen molar-refractivity contribution in [2.75, 3.05) is 7.05 Å². The molecule has 0 spiro atoms. The maximum absolute atomic E-state index is 13.0. The Balaban J connectivity index is 1.89. The Morgan fingerprint density at radius 2 is 1.94 bits per heavy atom. The molecule has 0 atom stereocenters. The van der Waals surface area contributed by atoms with Crippen LogP contribution in [0.1, 0.15) is 27.0 Å².